The molecule has 0 aliphatic rings. The average Bonchev–Trinajstić information content (AvgIpc) is 2.76. The van der Waals surface area contributed by atoms with Crippen molar-refractivity contribution in [1.29, 1.82) is 0 Å². The predicted octanol–water partition coefficient (Wildman–Crippen LogP) is 3.65. The Kier molecular flexibility index (Phi) is 9.68. The largest absolute Gasteiger partial charge is 0.489 e. The molecule has 0 unspecified atom stereocenters. The molecule has 33 heavy (non-hydrogen) atoms. The van der Waals surface area contributed by atoms with Crippen LogP contribution in [0.5, 0.6) is 5.75 Å². The van der Waals surface area contributed by atoms with E-state index in [0.29, 0.717) is 24.5 Å². The number of anilines is 2. The summed E-state index contributed by atoms with van der Waals surface area (Å²) in [6.45, 7) is 7.97. The monoisotopic (exact) mass is 476 g/mol. The number of ether oxygens (including phenoxy) is 1. The van der Waals surface area contributed by atoms with Gasteiger partial charge in [-0.05, 0) is 44.2 Å². The SMILES string of the molecule is CCN(CC)S(=O)(=O)c1ccc(OC(C)C)c(NC(=O)CCNC(=O)Nc2ccccc2)c1. The number of hydrogen-bond acceptors (Lipinski definition) is 5. The van der Waals surface area contributed by atoms with E-state index in [9.17, 15) is 18.0 Å². The highest BCUT2D eigenvalue weighted by atomic mass is 32.2. The second kappa shape index (κ2) is 12.2. The van der Waals surface area contributed by atoms with Gasteiger partial charge in [0.05, 0.1) is 16.7 Å². The lowest BCUT2D eigenvalue weighted by molar-refractivity contribution is -0.116. The second-order valence-corrected chi connectivity index (χ2v) is 9.40. The van der Waals surface area contributed by atoms with Crippen molar-refractivity contribution in [1.82, 2.24) is 9.62 Å². The number of nitrogens with zero attached hydrogens (tertiary/aromatic N) is 1. The zero-order valence-corrected chi connectivity index (χ0v) is 20.2. The van der Waals surface area contributed by atoms with Gasteiger partial charge in [0.1, 0.15) is 5.75 Å². The summed E-state index contributed by atoms with van der Waals surface area (Å²) >= 11 is 0. The fraction of sp³-hybridized carbons (Fsp3) is 0.391. The van der Waals surface area contributed by atoms with Crippen LogP contribution < -0.4 is 20.7 Å². The summed E-state index contributed by atoms with van der Waals surface area (Å²) < 4.78 is 32.8. The van der Waals surface area contributed by atoms with E-state index in [1.807, 2.05) is 19.9 Å². The van der Waals surface area contributed by atoms with Gasteiger partial charge in [-0.25, -0.2) is 13.2 Å². The van der Waals surface area contributed by atoms with Crippen LogP contribution in [0.3, 0.4) is 0 Å². The van der Waals surface area contributed by atoms with Gasteiger partial charge in [-0.15, -0.1) is 0 Å². The molecule has 2 rings (SSSR count). The van der Waals surface area contributed by atoms with Crippen molar-refractivity contribution >= 4 is 33.3 Å². The molecule has 0 bridgehead atoms. The van der Waals surface area contributed by atoms with E-state index in [1.165, 1.54) is 22.5 Å². The Hall–Kier alpha value is -3.11. The number of rotatable bonds is 11. The van der Waals surface area contributed by atoms with Crippen LogP contribution in [-0.4, -0.2) is 50.4 Å². The third kappa shape index (κ3) is 7.76. The number of sulfonamides is 1. The Morgan fingerprint density at radius 2 is 1.67 bits per heavy atom. The summed E-state index contributed by atoms with van der Waals surface area (Å²) in [5, 5.41) is 7.99. The molecule has 2 aromatic carbocycles. The molecule has 3 N–H and O–H groups in total. The number of para-hydroxylation sites is 1. The molecule has 0 atom stereocenters. The lowest BCUT2D eigenvalue weighted by Crippen LogP contribution is -2.31. The van der Waals surface area contributed by atoms with Crippen molar-refractivity contribution in [3.8, 4) is 5.75 Å². The van der Waals surface area contributed by atoms with Crippen LogP contribution in [0.2, 0.25) is 0 Å². The Labute approximate surface area is 195 Å². The number of amides is 3. The first-order valence-corrected chi connectivity index (χ1v) is 12.3. The molecule has 0 aliphatic heterocycles. The van der Waals surface area contributed by atoms with Gasteiger partial charge in [0, 0.05) is 31.7 Å². The number of carbonyl (C=O) groups excluding carboxylic acids is 2. The third-order valence-electron chi connectivity index (χ3n) is 4.60. The van der Waals surface area contributed by atoms with Gasteiger partial charge in [-0.1, -0.05) is 32.0 Å². The Bertz CT molecular complexity index is 1040. The van der Waals surface area contributed by atoms with Gasteiger partial charge in [0.25, 0.3) is 0 Å². The lowest BCUT2D eigenvalue weighted by Gasteiger charge is -2.20. The van der Waals surface area contributed by atoms with Gasteiger partial charge in [0.2, 0.25) is 15.9 Å². The number of urea groups is 1. The normalized spacial score (nSPS) is 11.3. The summed E-state index contributed by atoms with van der Waals surface area (Å²) in [5.41, 5.74) is 0.900. The minimum atomic E-state index is -3.70. The van der Waals surface area contributed by atoms with E-state index in [-0.39, 0.29) is 35.6 Å². The summed E-state index contributed by atoms with van der Waals surface area (Å²) in [5.74, 6) is -0.0207. The molecule has 10 heteroatoms. The highest BCUT2D eigenvalue weighted by Gasteiger charge is 2.23. The molecule has 0 heterocycles. The fourth-order valence-corrected chi connectivity index (χ4v) is 4.52. The average molecular weight is 477 g/mol. The molecule has 3 amide bonds. The molecular weight excluding hydrogens is 444 g/mol. The van der Waals surface area contributed by atoms with Crippen molar-refractivity contribution in [2.24, 2.45) is 0 Å². The Morgan fingerprint density at radius 1 is 1.00 bits per heavy atom. The van der Waals surface area contributed by atoms with E-state index >= 15 is 0 Å². The van der Waals surface area contributed by atoms with Crippen molar-refractivity contribution in [3.05, 3.63) is 48.5 Å². The smallest absolute Gasteiger partial charge is 0.319 e. The van der Waals surface area contributed by atoms with Crippen LogP contribution in [-0.2, 0) is 14.8 Å². The molecule has 0 radical (unpaired) electrons. The summed E-state index contributed by atoms with van der Waals surface area (Å²) in [6, 6.07) is 12.9. The molecule has 0 saturated heterocycles. The topological polar surface area (TPSA) is 117 Å². The van der Waals surface area contributed by atoms with E-state index < -0.39 is 16.1 Å². The summed E-state index contributed by atoms with van der Waals surface area (Å²) in [7, 11) is -3.70. The van der Waals surface area contributed by atoms with Crippen molar-refractivity contribution in [2.75, 3.05) is 30.3 Å². The first kappa shape index (κ1) is 26.1. The Morgan fingerprint density at radius 3 is 2.27 bits per heavy atom. The van der Waals surface area contributed by atoms with Gasteiger partial charge in [0.15, 0.2) is 0 Å². The standard InChI is InChI=1S/C23H32N4O5S/c1-5-27(6-2)33(30,31)19-12-13-21(32-17(3)4)20(16-19)26-22(28)14-15-24-23(29)25-18-10-8-7-9-11-18/h7-13,16-17H,5-6,14-15H2,1-4H3,(H,26,28)(H2,24,25,29). The van der Waals surface area contributed by atoms with Crippen LogP contribution in [0.4, 0.5) is 16.2 Å². The molecule has 0 aromatic heterocycles. The first-order valence-electron chi connectivity index (χ1n) is 10.9. The fourth-order valence-electron chi connectivity index (χ4n) is 3.04. The van der Waals surface area contributed by atoms with Gasteiger partial charge in [-0.2, -0.15) is 4.31 Å². The van der Waals surface area contributed by atoms with Crippen LogP contribution in [0.15, 0.2) is 53.4 Å². The molecule has 180 valence electrons. The predicted molar refractivity (Wildman–Crippen MR) is 129 cm³/mol. The maximum Gasteiger partial charge on any atom is 0.319 e. The molecule has 2 aromatic rings. The van der Waals surface area contributed by atoms with E-state index in [2.05, 4.69) is 16.0 Å². The Balaban J connectivity index is 2.07. The zero-order chi connectivity index (χ0) is 24.4. The van der Waals surface area contributed by atoms with E-state index in [1.54, 1.807) is 38.1 Å². The van der Waals surface area contributed by atoms with Crippen LogP contribution in [0.25, 0.3) is 0 Å². The van der Waals surface area contributed by atoms with Crippen LogP contribution in [0, 0.1) is 0 Å². The third-order valence-corrected chi connectivity index (χ3v) is 6.65. The minimum absolute atomic E-state index is 0.00362. The molecule has 0 spiro atoms. The van der Waals surface area contributed by atoms with Crippen molar-refractivity contribution in [3.63, 3.8) is 0 Å². The van der Waals surface area contributed by atoms with E-state index in [0.717, 1.165) is 0 Å². The first-order chi connectivity index (χ1) is 15.7. The number of benzene rings is 2. The van der Waals surface area contributed by atoms with Crippen LogP contribution >= 0.6 is 0 Å². The molecule has 0 saturated carbocycles. The highest BCUT2D eigenvalue weighted by Crippen LogP contribution is 2.30. The number of nitrogens with one attached hydrogen (secondary N) is 3. The van der Waals surface area contributed by atoms with Gasteiger partial charge >= 0.3 is 6.03 Å². The minimum Gasteiger partial charge on any atom is -0.489 e. The van der Waals surface area contributed by atoms with Crippen molar-refractivity contribution in [2.45, 2.75) is 45.1 Å². The molecule has 0 fully saturated rings. The second-order valence-electron chi connectivity index (χ2n) is 7.46. The maximum absolute atomic E-state index is 12.9. The lowest BCUT2D eigenvalue weighted by atomic mass is 10.2. The highest BCUT2D eigenvalue weighted by molar-refractivity contribution is 7.89. The number of hydrogen-bond donors (Lipinski definition) is 3. The van der Waals surface area contributed by atoms with Crippen molar-refractivity contribution < 1.29 is 22.7 Å². The molecular formula is C23H32N4O5S. The number of carbonyl (C=O) groups is 2. The molecule has 0 aliphatic carbocycles. The zero-order valence-electron chi connectivity index (χ0n) is 19.4. The molecule has 9 nitrogen and oxygen atoms in total. The van der Waals surface area contributed by atoms with Crippen LogP contribution in [0.1, 0.15) is 34.1 Å². The summed E-state index contributed by atoms with van der Waals surface area (Å²) in [6.07, 6.45) is -0.176. The van der Waals surface area contributed by atoms with Gasteiger partial charge < -0.3 is 20.7 Å². The summed E-state index contributed by atoms with van der Waals surface area (Å²) in [4.78, 5) is 24.5. The quantitative estimate of drug-likeness (QED) is 0.458. The van der Waals surface area contributed by atoms with E-state index in [4.69, 9.17) is 4.74 Å². The maximum atomic E-state index is 12.9. The van der Waals surface area contributed by atoms with Gasteiger partial charge in [-0.3, -0.25) is 4.79 Å².